The van der Waals surface area contributed by atoms with Crippen LogP contribution < -0.4 is 11.5 Å². The molecule has 5 unspecified atom stereocenters. The maximum absolute atomic E-state index is 9.60. The van der Waals surface area contributed by atoms with Crippen molar-refractivity contribution in [3.63, 3.8) is 0 Å². The molecule has 18 heavy (non-hydrogen) atoms. The minimum atomic E-state index is -1.45. The molecule has 0 aromatic heterocycles. The summed E-state index contributed by atoms with van der Waals surface area (Å²) in [6.45, 7) is -0.281. The SMILES string of the molecule is NC(N)=NCCOC1OC(CO)C(O)C(O)C1O. The Balaban J connectivity index is 2.46. The lowest BCUT2D eigenvalue weighted by Crippen LogP contribution is -2.59. The summed E-state index contributed by atoms with van der Waals surface area (Å²) in [7, 11) is 0. The monoisotopic (exact) mass is 265 g/mol. The van der Waals surface area contributed by atoms with E-state index in [9.17, 15) is 15.3 Å². The number of aliphatic hydroxyl groups is 4. The number of hydrogen-bond acceptors (Lipinski definition) is 7. The Morgan fingerprint density at radius 3 is 2.39 bits per heavy atom. The van der Waals surface area contributed by atoms with Gasteiger partial charge in [0.2, 0.25) is 0 Å². The third-order valence-electron chi connectivity index (χ3n) is 2.52. The van der Waals surface area contributed by atoms with Gasteiger partial charge in [-0.15, -0.1) is 0 Å². The molecule has 0 aromatic carbocycles. The lowest BCUT2D eigenvalue weighted by atomic mass is 9.99. The predicted octanol–water partition coefficient (Wildman–Crippen LogP) is -3.92. The van der Waals surface area contributed by atoms with Gasteiger partial charge in [-0.25, -0.2) is 0 Å². The van der Waals surface area contributed by atoms with Gasteiger partial charge in [-0.1, -0.05) is 0 Å². The third kappa shape index (κ3) is 3.77. The Morgan fingerprint density at radius 1 is 1.17 bits per heavy atom. The van der Waals surface area contributed by atoms with Gasteiger partial charge in [-0.3, -0.25) is 4.99 Å². The maximum atomic E-state index is 9.60. The van der Waals surface area contributed by atoms with E-state index in [0.29, 0.717) is 0 Å². The Bertz CT molecular complexity index is 283. The molecule has 0 bridgehead atoms. The topological polar surface area (TPSA) is 164 Å². The maximum Gasteiger partial charge on any atom is 0.186 e. The van der Waals surface area contributed by atoms with E-state index in [4.69, 9.17) is 26.0 Å². The first-order chi connectivity index (χ1) is 8.47. The molecule has 1 fully saturated rings. The lowest BCUT2D eigenvalue weighted by Gasteiger charge is -2.39. The summed E-state index contributed by atoms with van der Waals surface area (Å²) in [6.07, 6.45) is -6.42. The number of aliphatic imine (C=N–C) groups is 1. The van der Waals surface area contributed by atoms with Crippen LogP contribution in [0.2, 0.25) is 0 Å². The fourth-order valence-corrected chi connectivity index (χ4v) is 1.55. The van der Waals surface area contributed by atoms with E-state index >= 15 is 0 Å². The smallest absolute Gasteiger partial charge is 0.186 e. The van der Waals surface area contributed by atoms with Gasteiger partial charge < -0.3 is 41.4 Å². The van der Waals surface area contributed by atoms with Crippen molar-refractivity contribution in [2.24, 2.45) is 16.5 Å². The molecule has 8 N–H and O–H groups in total. The van der Waals surface area contributed by atoms with Gasteiger partial charge in [0.15, 0.2) is 12.2 Å². The molecular weight excluding hydrogens is 246 g/mol. The van der Waals surface area contributed by atoms with E-state index in [2.05, 4.69) is 4.99 Å². The summed E-state index contributed by atoms with van der Waals surface area (Å²) in [6, 6.07) is 0. The largest absolute Gasteiger partial charge is 0.394 e. The summed E-state index contributed by atoms with van der Waals surface area (Å²) < 4.78 is 10.2. The van der Waals surface area contributed by atoms with Crippen LogP contribution in [-0.4, -0.2) is 76.9 Å². The lowest BCUT2D eigenvalue weighted by molar-refractivity contribution is -0.300. The minimum absolute atomic E-state index is 0.0561. The Hall–Kier alpha value is -0.970. The quantitative estimate of drug-likeness (QED) is 0.167. The van der Waals surface area contributed by atoms with E-state index in [1.165, 1.54) is 0 Å². The van der Waals surface area contributed by atoms with Crippen LogP contribution in [0.1, 0.15) is 0 Å². The first kappa shape index (κ1) is 15.1. The second kappa shape index (κ2) is 6.83. The zero-order valence-electron chi connectivity index (χ0n) is 9.72. The van der Waals surface area contributed by atoms with Crippen LogP contribution >= 0.6 is 0 Å². The van der Waals surface area contributed by atoms with Crippen molar-refractivity contribution in [3.05, 3.63) is 0 Å². The molecule has 9 nitrogen and oxygen atoms in total. The second-order valence-corrected chi connectivity index (χ2v) is 3.87. The first-order valence-corrected chi connectivity index (χ1v) is 5.45. The van der Waals surface area contributed by atoms with Gasteiger partial charge >= 0.3 is 0 Å². The van der Waals surface area contributed by atoms with Gasteiger partial charge in [-0.2, -0.15) is 0 Å². The van der Waals surface area contributed by atoms with E-state index < -0.39 is 37.3 Å². The van der Waals surface area contributed by atoms with Crippen molar-refractivity contribution in [3.8, 4) is 0 Å². The minimum Gasteiger partial charge on any atom is -0.394 e. The van der Waals surface area contributed by atoms with Crippen molar-refractivity contribution in [1.82, 2.24) is 0 Å². The van der Waals surface area contributed by atoms with E-state index in [1.807, 2.05) is 0 Å². The van der Waals surface area contributed by atoms with Crippen LogP contribution in [0.15, 0.2) is 4.99 Å². The van der Waals surface area contributed by atoms with Crippen molar-refractivity contribution in [1.29, 1.82) is 0 Å². The van der Waals surface area contributed by atoms with Crippen molar-refractivity contribution in [2.45, 2.75) is 30.7 Å². The molecule has 0 saturated carbocycles. The fourth-order valence-electron chi connectivity index (χ4n) is 1.55. The highest BCUT2D eigenvalue weighted by Gasteiger charge is 2.43. The van der Waals surface area contributed by atoms with Gasteiger partial charge in [0.05, 0.1) is 19.8 Å². The molecule has 0 radical (unpaired) electrons. The van der Waals surface area contributed by atoms with E-state index in [0.717, 1.165) is 0 Å². The highest BCUT2D eigenvalue weighted by atomic mass is 16.7. The number of nitrogens with two attached hydrogens (primary N) is 2. The van der Waals surface area contributed by atoms with Gasteiger partial charge in [0.25, 0.3) is 0 Å². The number of ether oxygens (including phenoxy) is 2. The fraction of sp³-hybridized carbons (Fsp3) is 0.889. The van der Waals surface area contributed by atoms with Crippen molar-refractivity contribution in [2.75, 3.05) is 19.8 Å². The summed E-state index contributed by atoms with van der Waals surface area (Å²) in [5.41, 5.74) is 10.2. The van der Waals surface area contributed by atoms with Crippen molar-refractivity contribution < 1.29 is 29.9 Å². The average Bonchev–Trinajstić information content (AvgIpc) is 2.34. The normalized spacial score (nSPS) is 36.3. The van der Waals surface area contributed by atoms with Crippen LogP contribution in [0.4, 0.5) is 0 Å². The number of rotatable bonds is 5. The molecule has 106 valence electrons. The Kier molecular flexibility index (Phi) is 5.72. The number of nitrogens with zero attached hydrogens (tertiary/aromatic N) is 1. The molecular formula is C9H19N3O6. The highest BCUT2D eigenvalue weighted by Crippen LogP contribution is 2.21. The van der Waals surface area contributed by atoms with Crippen molar-refractivity contribution >= 4 is 5.96 Å². The highest BCUT2D eigenvalue weighted by molar-refractivity contribution is 5.75. The number of hydrogen-bond donors (Lipinski definition) is 6. The molecule has 9 heteroatoms. The molecule has 0 spiro atoms. The predicted molar refractivity (Wildman–Crippen MR) is 60.4 cm³/mol. The molecule has 1 aliphatic heterocycles. The summed E-state index contributed by atoms with van der Waals surface area (Å²) in [5.74, 6) is -0.0904. The molecule has 1 aliphatic rings. The molecule has 0 aromatic rings. The molecule has 0 amide bonds. The zero-order chi connectivity index (χ0) is 13.7. The van der Waals surface area contributed by atoms with Crippen LogP contribution in [0.5, 0.6) is 0 Å². The summed E-state index contributed by atoms with van der Waals surface area (Å²) in [4.78, 5) is 3.66. The Labute approximate surface area is 104 Å². The van der Waals surface area contributed by atoms with Gasteiger partial charge in [-0.05, 0) is 0 Å². The third-order valence-corrected chi connectivity index (χ3v) is 2.52. The Morgan fingerprint density at radius 2 is 1.83 bits per heavy atom. The second-order valence-electron chi connectivity index (χ2n) is 3.87. The summed E-state index contributed by atoms with van der Waals surface area (Å²) in [5, 5.41) is 37.5. The molecule has 1 heterocycles. The molecule has 1 saturated heterocycles. The molecule has 1 rings (SSSR count). The van der Waals surface area contributed by atoms with Crippen LogP contribution in [0, 0.1) is 0 Å². The molecule has 5 atom stereocenters. The van der Waals surface area contributed by atoms with Gasteiger partial charge in [0, 0.05) is 0 Å². The number of guanidine groups is 1. The van der Waals surface area contributed by atoms with E-state index in [1.54, 1.807) is 0 Å². The summed E-state index contributed by atoms with van der Waals surface area (Å²) >= 11 is 0. The average molecular weight is 265 g/mol. The van der Waals surface area contributed by atoms with Gasteiger partial charge in [0.1, 0.15) is 24.4 Å². The zero-order valence-corrected chi connectivity index (χ0v) is 9.72. The first-order valence-electron chi connectivity index (χ1n) is 5.45. The van der Waals surface area contributed by atoms with E-state index in [-0.39, 0.29) is 19.1 Å². The van der Waals surface area contributed by atoms with Crippen LogP contribution in [0.25, 0.3) is 0 Å². The van der Waals surface area contributed by atoms with Crippen LogP contribution in [-0.2, 0) is 9.47 Å². The molecule has 0 aliphatic carbocycles. The van der Waals surface area contributed by atoms with Crippen LogP contribution in [0.3, 0.4) is 0 Å². The number of aliphatic hydroxyl groups excluding tert-OH is 4. The standard InChI is InChI=1S/C9H19N3O6/c10-9(11)12-1-2-17-8-7(16)6(15)5(14)4(3-13)18-8/h4-8,13-16H,1-3H2,(H4,10,11,12).